The van der Waals surface area contributed by atoms with E-state index in [1.807, 2.05) is 0 Å². The zero-order chi connectivity index (χ0) is 12.1. The third kappa shape index (κ3) is 3.06. The molecule has 2 rings (SSSR count). The number of aryl methyl sites for hydroxylation is 1. The Morgan fingerprint density at radius 1 is 1.71 bits per heavy atom. The average molecular weight is 237 g/mol. The fourth-order valence-electron chi connectivity index (χ4n) is 2.02. The SMILES string of the molecule is CCCn1nccc1C(=O)NC[C@@H]1CCCO1. The largest absolute Gasteiger partial charge is 0.376 e. The van der Waals surface area contributed by atoms with Crippen LogP contribution in [-0.4, -0.2) is 34.9 Å². The number of carbonyl (C=O) groups is 1. The normalized spacial score (nSPS) is 19.5. The fourth-order valence-corrected chi connectivity index (χ4v) is 2.02. The summed E-state index contributed by atoms with van der Waals surface area (Å²) in [7, 11) is 0. The summed E-state index contributed by atoms with van der Waals surface area (Å²) >= 11 is 0. The lowest BCUT2D eigenvalue weighted by atomic mass is 10.2. The van der Waals surface area contributed by atoms with E-state index in [4.69, 9.17) is 4.74 Å². The summed E-state index contributed by atoms with van der Waals surface area (Å²) in [6.45, 7) is 4.25. The van der Waals surface area contributed by atoms with Gasteiger partial charge in [0.25, 0.3) is 5.91 Å². The molecule has 5 nitrogen and oxygen atoms in total. The molecule has 1 amide bonds. The van der Waals surface area contributed by atoms with Crippen LogP contribution in [0.5, 0.6) is 0 Å². The molecule has 0 bridgehead atoms. The van der Waals surface area contributed by atoms with Crippen molar-refractivity contribution in [1.29, 1.82) is 0 Å². The van der Waals surface area contributed by atoms with E-state index in [0.717, 1.165) is 32.4 Å². The van der Waals surface area contributed by atoms with Crippen molar-refractivity contribution in [3.05, 3.63) is 18.0 Å². The van der Waals surface area contributed by atoms with E-state index in [-0.39, 0.29) is 12.0 Å². The Bertz CT molecular complexity index is 370. The van der Waals surface area contributed by atoms with Crippen molar-refractivity contribution in [2.45, 2.75) is 38.8 Å². The summed E-state index contributed by atoms with van der Waals surface area (Å²) in [6, 6.07) is 1.75. The first-order valence-electron chi connectivity index (χ1n) is 6.23. The van der Waals surface area contributed by atoms with Gasteiger partial charge in [-0.1, -0.05) is 6.92 Å². The topological polar surface area (TPSA) is 56.2 Å². The second-order valence-electron chi connectivity index (χ2n) is 4.28. The molecule has 1 atom stereocenters. The smallest absolute Gasteiger partial charge is 0.269 e. The molecule has 1 aliphatic heterocycles. The third-order valence-electron chi connectivity index (χ3n) is 2.90. The second kappa shape index (κ2) is 5.82. The predicted molar refractivity (Wildman–Crippen MR) is 63.8 cm³/mol. The number of nitrogens with zero attached hydrogens (tertiary/aromatic N) is 2. The van der Waals surface area contributed by atoms with Crippen molar-refractivity contribution in [3.8, 4) is 0 Å². The predicted octanol–water partition coefficient (Wildman–Crippen LogP) is 1.20. The molecule has 17 heavy (non-hydrogen) atoms. The molecular weight excluding hydrogens is 218 g/mol. The van der Waals surface area contributed by atoms with E-state index in [0.29, 0.717) is 12.2 Å². The molecule has 0 aliphatic carbocycles. The quantitative estimate of drug-likeness (QED) is 0.837. The number of carbonyl (C=O) groups excluding carboxylic acids is 1. The van der Waals surface area contributed by atoms with Crippen molar-refractivity contribution in [2.75, 3.05) is 13.2 Å². The summed E-state index contributed by atoms with van der Waals surface area (Å²) in [4.78, 5) is 11.9. The minimum absolute atomic E-state index is 0.0635. The molecular formula is C12H19N3O2. The van der Waals surface area contributed by atoms with Gasteiger partial charge in [0.1, 0.15) is 5.69 Å². The molecule has 1 fully saturated rings. The van der Waals surface area contributed by atoms with Gasteiger partial charge in [-0.05, 0) is 25.3 Å². The van der Waals surface area contributed by atoms with Crippen molar-refractivity contribution < 1.29 is 9.53 Å². The summed E-state index contributed by atoms with van der Waals surface area (Å²) in [5.74, 6) is -0.0635. The Morgan fingerprint density at radius 2 is 2.59 bits per heavy atom. The van der Waals surface area contributed by atoms with Crippen molar-refractivity contribution in [1.82, 2.24) is 15.1 Å². The molecule has 0 unspecified atom stereocenters. The first-order chi connectivity index (χ1) is 8.31. The number of rotatable bonds is 5. The van der Waals surface area contributed by atoms with Gasteiger partial charge in [0.2, 0.25) is 0 Å². The molecule has 5 heteroatoms. The molecule has 1 aromatic rings. The number of hydrogen-bond donors (Lipinski definition) is 1. The van der Waals surface area contributed by atoms with Gasteiger partial charge in [-0.25, -0.2) is 0 Å². The minimum atomic E-state index is -0.0635. The van der Waals surface area contributed by atoms with Crippen LogP contribution in [0.2, 0.25) is 0 Å². The minimum Gasteiger partial charge on any atom is -0.376 e. The van der Waals surface area contributed by atoms with Gasteiger partial charge in [-0.3, -0.25) is 9.48 Å². The summed E-state index contributed by atoms with van der Waals surface area (Å²) < 4.78 is 7.20. The first kappa shape index (κ1) is 12.1. The van der Waals surface area contributed by atoms with E-state index < -0.39 is 0 Å². The van der Waals surface area contributed by atoms with Gasteiger partial charge < -0.3 is 10.1 Å². The van der Waals surface area contributed by atoms with E-state index in [1.54, 1.807) is 16.9 Å². The highest BCUT2D eigenvalue weighted by molar-refractivity contribution is 5.92. The highest BCUT2D eigenvalue weighted by Gasteiger charge is 2.18. The van der Waals surface area contributed by atoms with Crippen LogP contribution in [-0.2, 0) is 11.3 Å². The van der Waals surface area contributed by atoms with Crippen LogP contribution < -0.4 is 5.32 Å². The van der Waals surface area contributed by atoms with E-state index in [9.17, 15) is 4.79 Å². The molecule has 0 spiro atoms. The monoisotopic (exact) mass is 237 g/mol. The molecule has 1 saturated heterocycles. The maximum absolute atomic E-state index is 11.9. The zero-order valence-electron chi connectivity index (χ0n) is 10.2. The van der Waals surface area contributed by atoms with Gasteiger partial charge >= 0.3 is 0 Å². The number of hydrogen-bond acceptors (Lipinski definition) is 3. The Morgan fingerprint density at radius 3 is 3.29 bits per heavy atom. The molecule has 0 aromatic carbocycles. The standard InChI is InChI=1S/C12H19N3O2/c1-2-7-15-11(5-6-14-15)12(16)13-9-10-4-3-8-17-10/h5-6,10H,2-4,7-9H2,1H3,(H,13,16)/t10-/m0/s1. The molecule has 94 valence electrons. The molecule has 2 heterocycles. The van der Waals surface area contributed by atoms with Crippen molar-refractivity contribution in [3.63, 3.8) is 0 Å². The van der Waals surface area contributed by atoms with Crippen molar-refractivity contribution >= 4 is 5.91 Å². The Labute approximate surface area is 101 Å². The highest BCUT2D eigenvalue weighted by atomic mass is 16.5. The van der Waals surface area contributed by atoms with Crippen LogP contribution in [0.15, 0.2) is 12.3 Å². The average Bonchev–Trinajstić information content (AvgIpc) is 2.97. The van der Waals surface area contributed by atoms with Crippen LogP contribution >= 0.6 is 0 Å². The van der Waals surface area contributed by atoms with Gasteiger partial charge in [0, 0.05) is 25.9 Å². The molecule has 1 aromatic heterocycles. The molecule has 0 radical (unpaired) electrons. The van der Waals surface area contributed by atoms with Crippen LogP contribution in [0.4, 0.5) is 0 Å². The Kier molecular flexibility index (Phi) is 4.14. The number of amides is 1. The van der Waals surface area contributed by atoms with Gasteiger partial charge in [0.15, 0.2) is 0 Å². The van der Waals surface area contributed by atoms with Crippen LogP contribution in [0.1, 0.15) is 36.7 Å². The maximum atomic E-state index is 11.9. The molecule has 0 saturated carbocycles. The number of aromatic nitrogens is 2. The van der Waals surface area contributed by atoms with E-state index in [1.165, 1.54) is 0 Å². The van der Waals surface area contributed by atoms with Gasteiger partial charge in [-0.2, -0.15) is 5.10 Å². The van der Waals surface area contributed by atoms with Gasteiger partial charge in [0.05, 0.1) is 6.10 Å². The molecule has 1 aliphatic rings. The lowest BCUT2D eigenvalue weighted by molar-refractivity contribution is 0.0849. The fraction of sp³-hybridized carbons (Fsp3) is 0.667. The first-order valence-corrected chi connectivity index (χ1v) is 6.23. The van der Waals surface area contributed by atoms with Crippen LogP contribution in [0, 0.1) is 0 Å². The number of nitrogens with one attached hydrogen (secondary N) is 1. The van der Waals surface area contributed by atoms with Crippen LogP contribution in [0.25, 0.3) is 0 Å². The maximum Gasteiger partial charge on any atom is 0.269 e. The van der Waals surface area contributed by atoms with Crippen LogP contribution in [0.3, 0.4) is 0 Å². The number of ether oxygens (including phenoxy) is 1. The Balaban J connectivity index is 1.87. The van der Waals surface area contributed by atoms with Gasteiger partial charge in [-0.15, -0.1) is 0 Å². The summed E-state index contributed by atoms with van der Waals surface area (Å²) in [6.07, 6.45) is 4.94. The van der Waals surface area contributed by atoms with E-state index >= 15 is 0 Å². The lowest BCUT2D eigenvalue weighted by Gasteiger charge is -2.11. The van der Waals surface area contributed by atoms with Crippen molar-refractivity contribution in [2.24, 2.45) is 0 Å². The lowest BCUT2D eigenvalue weighted by Crippen LogP contribution is -2.33. The zero-order valence-corrected chi connectivity index (χ0v) is 10.2. The summed E-state index contributed by atoms with van der Waals surface area (Å²) in [5.41, 5.74) is 0.629. The Hall–Kier alpha value is -1.36. The second-order valence-corrected chi connectivity index (χ2v) is 4.28. The summed E-state index contributed by atoms with van der Waals surface area (Å²) in [5, 5.41) is 7.03. The third-order valence-corrected chi connectivity index (χ3v) is 2.90. The molecule has 1 N–H and O–H groups in total. The van der Waals surface area contributed by atoms with E-state index in [2.05, 4.69) is 17.3 Å². The highest BCUT2D eigenvalue weighted by Crippen LogP contribution is 2.10.